The highest BCUT2D eigenvalue weighted by Crippen LogP contribution is 2.29. The Bertz CT molecular complexity index is 588. The molecule has 1 aromatic rings. The molecule has 0 aromatic heterocycles. The Labute approximate surface area is 123 Å². The maximum atomic E-state index is 12.8. The molecule has 0 spiro atoms. The normalized spacial score (nSPS) is 24.7. The van der Waals surface area contributed by atoms with Crippen LogP contribution in [0.15, 0.2) is 18.2 Å². The van der Waals surface area contributed by atoms with E-state index >= 15 is 0 Å². The number of aryl methyl sites for hydroxylation is 1. The molecule has 0 bridgehead atoms. The number of piperidine rings is 1. The second-order valence-corrected chi connectivity index (χ2v) is 5.88. The quantitative estimate of drug-likeness (QED) is 0.664. The number of carbonyl (C=O) groups is 1. The molecule has 2 atom stereocenters. The van der Waals surface area contributed by atoms with Gasteiger partial charge in [-0.1, -0.05) is 6.07 Å². The van der Waals surface area contributed by atoms with E-state index in [9.17, 15) is 14.9 Å². The fourth-order valence-corrected chi connectivity index (χ4v) is 3.43. The zero-order valence-corrected chi connectivity index (χ0v) is 12.0. The van der Waals surface area contributed by atoms with Gasteiger partial charge < -0.3 is 10.2 Å². The van der Waals surface area contributed by atoms with Crippen molar-refractivity contribution in [2.75, 3.05) is 19.6 Å². The summed E-state index contributed by atoms with van der Waals surface area (Å²) in [7, 11) is 0. The number of nitro groups is 1. The zero-order valence-electron chi connectivity index (χ0n) is 12.0. The molecule has 6 heteroatoms. The van der Waals surface area contributed by atoms with E-state index in [1.807, 2.05) is 11.8 Å². The summed E-state index contributed by atoms with van der Waals surface area (Å²) in [4.78, 5) is 25.2. The smallest absolute Gasteiger partial charge is 0.270 e. The summed E-state index contributed by atoms with van der Waals surface area (Å²) in [6.07, 6.45) is 2.15. The first-order valence-electron chi connectivity index (χ1n) is 7.34. The molecule has 1 N–H and O–H groups in total. The van der Waals surface area contributed by atoms with Crippen LogP contribution in [0.2, 0.25) is 0 Å². The third kappa shape index (κ3) is 2.51. The van der Waals surface area contributed by atoms with E-state index in [2.05, 4.69) is 5.32 Å². The molecule has 2 saturated heterocycles. The largest absolute Gasteiger partial charge is 0.334 e. The number of benzene rings is 1. The number of carbonyl (C=O) groups excluding carboxylic acids is 1. The van der Waals surface area contributed by atoms with Crippen LogP contribution in [0.3, 0.4) is 0 Å². The van der Waals surface area contributed by atoms with Crippen molar-refractivity contribution in [1.82, 2.24) is 10.2 Å². The maximum absolute atomic E-state index is 12.8. The van der Waals surface area contributed by atoms with E-state index in [-0.39, 0.29) is 17.6 Å². The van der Waals surface area contributed by atoms with Crippen LogP contribution in [-0.4, -0.2) is 41.4 Å². The van der Waals surface area contributed by atoms with Crippen molar-refractivity contribution < 1.29 is 9.72 Å². The van der Waals surface area contributed by atoms with Gasteiger partial charge in [-0.25, -0.2) is 0 Å². The highest BCUT2D eigenvalue weighted by atomic mass is 16.6. The number of hydrogen-bond donors (Lipinski definition) is 1. The Morgan fingerprint density at radius 2 is 2.24 bits per heavy atom. The van der Waals surface area contributed by atoms with Gasteiger partial charge in [0.25, 0.3) is 11.6 Å². The molecule has 0 saturated carbocycles. The molecule has 112 valence electrons. The SMILES string of the molecule is Cc1ccc([N+](=O)[O-])cc1C(=O)N1CCCC2CNCC21. The molecule has 1 amide bonds. The van der Waals surface area contributed by atoms with Gasteiger partial charge in [-0.05, 0) is 31.2 Å². The zero-order chi connectivity index (χ0) is 15.0. The first kappa shape index (κ1) is 14.0. The lowest BCUT2D eigenvalue weighted by molar-refractivity contribution is -0.384. The molecule has 1 aromatic carbocycles. The second kappa shape index (κ2) is 5.44. The molecule has 0 radical (unpaired) electrons. The third-order valence-electron chi connectivity index (χ3n) is 4.60. The summed E-state index contributed by atoms with van der Waals surface area (Å²) >= 11 is 0. The second-order valence-electron chi connectivity index (χ2n) is 5.88. The van der Waals surface area contributed by atoms with E-state index in [1.165, 1.54) is 12.1 Å². The summed E-state index contributed by atoms with van der Waals surface area (Å²) < 4.78 is 0. The number of nitrogens with one attached hydrogen (secondary N) is 1. The lowest BCUT2D eigenvalue weighted by Crippen LogP contribution is -2.48. The predicted molar refractivity (Wildman–Crippen MR) is 78.3 cm³/mol. The Morgan fingerprint density at radius 1 is 1.43 bits per heavy atom. The highest BCUT2D eigenvalue weighted by molar-refractivity contribution is 5.96. The highest BCUT2D eigenvalue weighted by Gasteiger charge is 2.38. The van der Waals surface area contributed by atoms with Crippen molar-refractivity contribution in [2.24, 2.45) is 5.92 Å². The molecule has 3 rings (SSSR count). The molecule has 0 aliphatic carbocycles. The predicted octanol–water partition coefficient (Wildman–Crippen LogP) is 1.73. The van der Waals surface area contributed by atoms with Crippen LogP contribution in [0.4, 0.5) is 5.69 Å². The van der Waals surface area contributed by atoms with Crippen LogP contribution in [0.5, 0.6) is 0 Å². The summed E-state index contributed by atoms with van der Waals surface area (Å²) in [5, 5.41) is 14.3. The number of nitro benzene ring substituents is 1. The van der Waals surface area contributed by atoms with Crippen molar-refractivity contribution in [3.05, 3.63) is 39.4 Å². The summed E-state index contributed by atoms with van der Waals surface area (Å²) in [5.41, 5.74) is 1.22. The Kier molecular flexibility index (Phi) is 3.63. The van der Waals surface area contributed by atoms with E-state index in [4.69, 9.17) is 0 Å². The number of amides is 1. The van der Waals surface area contributed by atoms with Gasteiger partial charge in [-0.2, -0.15) is 0 Å². The van der Waals surface area contributed by atoms with Crippen molar-refractivity contribution in [1.29, 1.82) is 0 Å². The van der Waals surface area contributed by atoms with Crippen molar-refractivity contribution in [3.8, 4) is 0 Å². The number of hydrogen-bond acceptors (Lipinski definition) is 4. The van der Waals surface area contributed by atoms with Gasteiger partial charge >= 0.3 is 0 Å². The minimum atomic E-state index is -0.452. The Hall–Kier alpha value is -1.95. The molecule has 2 unspecified atom stereocenters. The van der Waals surface area contributed by atoms with Gasteiger partial charge in [-0.15, -0.1) is 0 Å². The average molecular weight is 289 g/mol. The van der Waals surface area contributed by atoms with Gasteiger partial charge in [0.1, 0.15) is 0 Å². The third-order valence-corrected chi connectivity index (χ3v) is 4.60. The number of nitrogens with zero attached hydrogens (tertiary/aromatic N) is 2. The standard InChI is InChI=1S/C15H19N3O3/c1-10-4-5-12(18(20)21)7-13(10)15(19)17-6-2-3-11-8-16-9-14(11)17/h4-5,7,11,14,16H,2-3,6,8-9H2,1H3. The van der Waals surface area contributed by atoms with Crippen LogP contribution < -0.4 is 5.32 Å². The molecule has 21 heavy (non-hydrogen) atoms. The number of non-ortho nitro benzene ring substituents is 1. The monoisotopic (exact) mass is 289 g/mol. The summed E-state index contributed by atoms with van der Waals surface area (Å²) in [6.45, 7) is 4.35. The van der Waals surface area contributed by atoms with Gasteiger partial charge in [0, 0.05) is 43.4 Å². The minimum Gasteiger partial charge on any atom is -0.334 e. The van der Waals surface area contributed by atoms with Gasteiger partial charge in [0.05, 0.1) is 4.92 Å². The number of fused-ring (bicyclic) bond motifs is 1. The Balaban J connectivity index is 1.90. The molecular formula is C15H19N3O3. The fourth-order valence-electron chi connectivity index (χ4n) is 3.43. The minimum absolute atomic E-state index is 0.0259. The molecule has 2 fully saturated rings. The van der Waals surface area contributed by atoms with Crippen molar-refractivity contribution in [3.63, 3.8) is 0 Å². The van der Waals surface area contributed by atoms with E-state index in [0.717, 1.165) is 38.0 Å². The molecule has 2 heterocycles. The summed E-state index contributed by atoms with van der Waals surface area (Å²) in [5.74, 6) is 0.441. The Morgan fingerprint density at radius 3 is 3.00 bits per heavy atom. The molecule has 2 aliphatic heterocycles. The van der Waals surface area contributed by atoms with Crippen LogP contribution in [-0.2, 0) is 0 Å². The van der Waals surface area contributed by atoms with E-state index in [1.54, 1.807) is 6.07 Å². The molecular weight excluding hydrogens is 270 g/mol. The first-order chi connectivity index (χ1) is 10.1. The van der Waals surface area contributed by atoms with Crippen molar-refractivity contribution in [2.45, 2.75) is 25.8 Å². The lowest BCUT2D eigenvalue weighted by Gasteiger charge is -2.37. The fraction of sp³-hybridized carbons (Fsp3) is 0.533. The number of likely N-dealkylation sites (tertiary alicyclic amines) is 1. The maximum Gasteiger partial charge on any atom is 0.270 e. The van der Waals surface area contributed by atoms with Gasteiger partial charge in [0.15, 0.2) is 0 Å². The van der Waals surface area contributed by atoms with Gasteiger partial charge in [0.2, 0.25) is 0 Å². The molecule has 6 nitrogen and oxygen atoms in total. The van der Waals surface area contributed by atoms with Crippen LogP contribution in [0.25, 0.3) is 0 Å². The average Bonchev–Trinajstić information content (AvgIpc) is 2.95. The first-order valence-corrected chi connectivity index (χ1v) is 7.34. The van der Waals surface area contributed by atoms with E-state index in [0.29, 0.717) is 11.5 Å². The van der Waals surface area contributed by atoms with Crippen LogP contribution in [0.1, 0.15) is 28.8 Å². The number of rotatable bonds is 2. The molecule has 2 aliphatic rings. The lowest BCUT2D eigenvalue weighted by atomic mass is 9.91. The van der Waals surface area contributed by atoms with Gasteiger partial charge in [-0.3, -0.25) is 14.9 Å². The summed E-state index contributed by atoms with van der Waals surface area (Å²) in [6, 6.07) is 4.73. The van der Waals surface area contributed by atoms with Crippen molar-refractivity contribution >= 4 is 11.6 Å². The van der Waals surface area contributed by atoms with E-state index < -0.39 is 4.92 Å². The topological polar surface area (TPSA) is 75.5 Å². The van der Waals surface area contributed by atoms with Crippen LogP contribution >= 0.6 is 0 Å². The van der Waals surface area contributed by atoms with Crippen LogP contribution in [0, 0.1) is 23.0 Å².